The maximum atomic E-state index is 11.5. The predicted octanol–water partition coefficient (Wildman–Crippen LogP) is 2.43. The summed E-state index contributed by atoms with van der Waals surface area (Å²) >= 11 is 0. The molecule has 0 aliphatic heterocycles. The molecule has 23 heavy (non-hydrogen) atoms. The number of carbonyl (C=O) groups is 2. The van der Waals surface area contributed by atoms with E-state index in [1.807, 2.05) is 30.3 Å². The second-order valence-corrected chi connectivity index (χ2v) is 5.21. The van der Waals surface area contributed by atoms with Crippen LogP contribution in [0.1, 0.15) is 21.7 Å². The van der Waals surface area contributed by atoms with E-state index in [0.29, 0.717) is 29.6 Å². The molecule has 0 aliphatic rings. The van der Waals surface area contributed by atoms with Gasteiger partial charge in [-0.2, -0.15) is 0 Å². The van der Waals surface area contributed by atoms with E-state index in [4.69, 9.17) is 0 Å². The number of carboxylic acids is 1. The zero-order chi connectivity index (χ0) is 16.4. The zero-order valence-corrected chi connectivity index (χ0v) is 12.5. The number of benzene rings is 2. The normalized spacial score (nSPS) is 10.7. The van der Waals surface area contributed by atoms with Gasteiger partial charge in [-0.1, -0.05) is 30.3 Å². The Bertz CT molecular complexity index is 885. The fourth-order valence-electron chi connectivity index (χ4n) is 2.65. The molecular formula is C17H15N3O3. The summed E-state index contributed by atoms with van der Waals surface area (Å²) in [7, 11) is 1.80. The summed E-state index contributed by atoms with van der Waals surface area (Å²) in [6.45, 7) is 0. The molecule has 0 saturated carbocycles. The molecule has 6 heteroatoms. The van der Waals surface area contributed by atoms with Gasteiger partial charge in [-0.15, -0.1) is 0 Å². The third kappa shape index (κ3) is 2.78. The molecule has 1 amide bonds. The van der Waals surface area contributed by atoms with E-state index < -0.39 is 5.97 Å². The molecule has 0 saturated heterocycles. The van der Waals surface area contributed by atoms with Crippen molar-refractivity contribution in [1.82, 2.24) is 9.55 Å². The maximum Gasteiger partial charge on any atom is 0.337 e. The van der Waals surface area contributed by atoms with Crippen LogP contribution in [0, 0.1) is 0 Å². The van der Waals surface area contributed by atoms with E-state index in [2.05, 4.69) is 10.3 Å². The highest BCUT2D eigenvalue weighted by Gasteiger charge is 2.17. The van der Waals surface area contributed by atoms with Crippen molar-refractivity contribution >= 4 is 29.1 Å². The largest absolute Gasteiger partial charge is 0.478 e. The highest BCUT2D eigenvalue weighted by atomic mass is 16.4. The van der Waals surface area contributed by atoms with Gasteiger partial charge in [0.05, 0.1) is 16.6 Å². The van der Waals surface area contributed by atoms with Crippen molar-refractivity contribution < 1.29 is 14.7 Å². The van der Waals surface area contributed by atoms with Crippen molar-refractivity contribution in [3.63, 3.8) is 0 Å². The molecule has 2 aromatic carbocycles. The van der Waals surface area contributed by atoms with E-state index in [-0.39, 0.29) is 5.56 Å². The number of hydrogen-bond acceptors (Lipinski definition) is 3. The number of aryl methyl sites for hydroxylation is 1. The molecule has 0 fully saturated rings. The van der Waals surface area contributed by atoms with Crippen LogP contribution in [0.5, 0.6) is 0 Å². The minimum atomic E-state index is -1.06. The summed E-state index contributed by atoms with van der Waals surface area (Å²) in [5.74, 6) is -0.296. The van der Waals surface area contributed by atoms with E-state index in [9.17, 15) is 14.7 Å². The standard InChI is InChI=1S/C17H15N3O3/c1-20-15(7-11-5-3-2-4-6-11)19-14-9-12(18-10-21)8-13(16(14)20)17(22)23/h2-6,8-10H,7H2,1H3,(H,18,21)(H,22,23). The van der Waals surface area contributed by atoms with Crippen LogP contribution in [0.25, 0.3) is 11.0 Å². The third-order valence-corrected chi connectivity index (χ3v) is 3.72. The average molecular weight is 309 g/mol. The van der Waals surface area contributed by atoms with Gasteiger partial charge in [-0.25, -0.2) is 9.78 Å². The van der Waals surface area contributed by atoms with Gasteiger partial charge in [0.1, 0.15) is 5.82 Å². The molecule has 3 aromatic rings. The molecular weight excluding hydrogens is 294 g/mol. The quantitative estimate of drug-likeness (QED) is 0.709. The number of rotatable bonds is 5. The number of amides is 1. The molecule has 0 atom stereocenters. The molecule has 2 N–H and O–H groups in total. The van der Waals surface area contributed by atoms with Crippen LogP contribution in [0.2, 0.25) is 0 Å². The van der Waals surface area contributed by atoms with Crippen molar-refractivity contribution in [2.45, 2.75) is 6.42 Å². The highest BCUT2D eigenvalue weighted by Crippen LogP contribution is 2.25. The Morgan fingerprint density at radius 2 is 2.04 bits per heavy atom. The number of anilines is 1. The lowest BCUT2D eigenvalue weighted by Crippen LogP contribution is -2.05. The van der Waals surface area contributed by atoms with Gasteiger partial charge in [0.15, 0.2) is 0 Å². The van der Waals surface area contributed by atoms with Crippen LogP contribution in [-0.2, 0) is 18.3 Å². The Morgan fingerprint density at radius 3 is 2.70 bits per heavy atom. The minimum Gasteiger partial charge on any atom is -0.478 e. The summed E-state index contributed by atoms with van der Waals surface area (Å²) in [5.41, 5.74) is 2.70. The molecule has 6 nitrogen and oxygen atoms in total. The van der Waals surface area contributed by atoms with Crippen LogP contribution in [0.3, 0.4) is 0 Å². The van der Waals surface area contributed by atoms with Gasteiger partial charge >= 0.3 is 5.97 Å². The third-order valence-electron chi connectivity index (χ3n) is 3.72. The number of hydrogen-bond donors (Lipinski definition) is 2. The summed E-state index contributed by atoms with van der Waals surface area (Å²) in [6.07, 6.45) is 1.11. The average Bonchev–Trinajstić information content (AvgIpc) is 2.84. The van der Waals surface area contributed by atoms with Gasteiger partial charge in [-0.05, 0) is 17.7 Å². The lowest BCUT2D eigenvalue weighted by Gasteiger charge is -2.06. The van der Waals surface area contributed by atoms with Gasteiger partial charge in [0.25, 0.3) is 0 Å². The summed E-state index contributed by atoms with van der Waals surface area (Å²) in [4.78, 5) is 26.7. The van der Waals surface area contributed by atoms with Crippen LogP contribution in [0.4, 0.5) is 5.69 Å². The zero-order valence-electron chi connectivity index (χ0n) is 12.5. The topological polar surface area (TPSA) is 84.2 Å². The smallest absolute Gasteiger partial charge is 0.337 e. The summed E-state index contributed by atoms with van der Waals surface area (Å²) < 4.78 is 1.79. The number of aromatic nitrogens is 2. The Balaban J connectivity index is 2.14. The first-order valence-electron chi connectivity index (χ1n) is 7.07. The SMILES string of the molecule is Cn1c(Cc2ccccc2)nc2cc(NC=O)cc(C(=O)O)c21. The molecule has 0 unspecified atom stereocenters. The van der Waals surface area contributed by atoms with E-state index in [1.54, 1.807) is 17.7 Å². The van der Waals surface area contributed by atoms with Crippen molar-refractivity contribution in [2.75, 3.05) is 5.32 Å². The molecule has 3 rings (SSSR count). The first-order valence-corrected chi connectivity index (χ1v) is 7.07. The van der Waals surface area contributed by atoms with Crippen molar-refractivity contribution in [2.24, 2.45) is 7.05 Å². The summed E-state index contributed by atoms with van der Waals surface area (Å²) in [5, 5.41) is 11.9. The second kappa shape index (κ2) is 5.92. The van der Waals surface area contributed by atoms with Crippen LogP contribution in [-0.4, -0.2) is 27.0 Å². The molecule has 1 heterocycles. The van der Waals surface area contributed by atoms with Crippen LogP contribution >= 0.6 is 0 Å². The Kier molecular flexibility index (Phi) is 3.80. The van der Waals surface area contributed by atoms with Gasteiger partial charge in [0, 0.05) is 19.2 Å². The number of aromatic carboxylic acids is 1. The van der Waals surface area contributed by atoms with Crippen LogP contribution in [0.15, 0.2) is 42.5 Å². The fourth-order valence-corrected chi connectivity index (χ4v) is 2.65. The van der Waals surface area contributed by atoms with Crippen molar-refractivity contribution in [3.8, 4) is 0 Å². The number of carbonyl (C=O) groups excluding carboxylic acids is 1. The lowest BCUT2D eigenvalue weighted by atomic mass is 10.1. The number of fused-ring (bicyclic) bond motifs is 1. The van der Waals surface area contributed by atoms with Gasteiger partial charge in [0.2, 0.25) is 6.41 Å². The van der Waals surface area contributed by atoms with E-state index in [1.165, 1.54) is 6.07 Å². The lowest BCUT2D eigenvalue weighted by molar-refractivity contribution is -0.105. The molecule has 0 bridgehead atoms. The maximum absolute atomic E-state index is 11.5. The predicted molar refractivity (Wildman–Crippen MR) is 86.6 cm³/mol. The Hall–Kier alpha value is -3.15. The minimum absolute atomic E-state index is 0.112. The van der Waals surface area contributed by atoms with Crippen LogP contribution < -0.4 is 5.32 Å². The Labute approximate surface area is 132 Å². The molecule has 0 spiro atoms. The first-order chi connectivity index (χ1) is 11.1. The summed E-state index contributed by atoms with van der Waals surface area (Å²) in [6, 6.07) is 12.9. The number of imidazole rings is 1. The highest BCUT2D eigenvalue weighted by molar-refractivity contribution is 6.03. The molecule has 1 aromatic heterocycles. The van der Waals surface area contributed by atoms with Crippen molar-refractivity contribution in [1.29, 1.82) is 0 Å². The first kappa shape index (κ1) is 14.8. The Morgan fingerprint density at radius 1 is 1.30 bits per heavy atom. The number of nitrogens with one attached hydrogen (secondary N) is 1. The van der Waals surface area contributed by atoms with Gasteiger partial charge in [-0.3, -0.25) is 4.79 Å². The van der Waals surface area contributed by atoms with E-state index >= 15 is 0 Å². The fraction of sp³-hybridized carbons (Fsp3) is 0.118. The second-order valence-electron chi connectivity index (χ2n) is 5.21. The van der Waals surface area contributed by atoms with E-state index in [0.717, 1.165) is 11.4 Å². The van der Waals surface area contributed by atoms with Gasteiger partial charge < -0.3 is 15.0 Å². The molecule has 0 aliphatic carbocycles. The number of carboxylic acid groups (broad SMARTS) is 1. The van der Waals surface area contributed by atoms with Crippen molar-refractivity contribution in [3.05, 3.63) is 59.4 Å². The monoisotopic (exact) mass is 309 g/mol. The number of nitrogens with zero attached hydrogens (tertiary/aromatic N) is 2. The molecule has 0 radical (unpaired) electrons. The molecule has 116 valence electrons.